The van der Waals surface area contributed by atoms with E-state index in [0.29, 0.717) is 22.4 Å². The highest BCUT2D eigenvalue weighted by atomic mass is 16.3. The van der Waals surface area contributed by atoms with Crippen LogP contribution in [0, 0.1) is 26.3 Å². The maximum absolute atomic E-state index is 8.55. The summed E-state index contributed by atoms with van der Waals surface area (Å²) in [4.78, 5) is 3.55. The summed E-state index contributed by atoms with van der Waals surface area (Å²) in [5.41, 5.74) is 6.08. The molecule has 0 N–H and O–H groups in total. The number of nitrogens with zero attached hydrogens (tertiary/aromatic N) is 2. The maximum atomic E-state index is 8.55. The first-order valence-electron chi connectivity index (χ1n) is 10.9. The number of benzene rings is 2. The van der Waals surface area contributed by atoms with Gasteiger partial charge in [0.1, 0.15) is 19.6 Å². The van der Waals surface area contributed by atoms with E-state index in [2.05, 4.69) is 10.9 Å². The van der Waals surface area contributed by atoms with Crippen molar-refractivity contribution in [2.45, 2.75) is 34.1 Å². The molecule has 2 heterocycles. The number of hydrogen-bond acceptors (Lipinski definition) is 1. The third kappa shape index (κ3) is 2.96. The molecule has 0 fully saturated rings. The molecule has 4 aromatic rings. The number of hydrogen-bond donors (Lipinski definition) is 0. The van der Waals surface area contributed by atoms with Gasteiger partial charge in [-0.25, -0.2) is 9.41 Å². The zero-order valence-corrected chi connectivity index (χ0v) is 16.8. The van der Waals surface area contributed by atoms with E-state index in [1.807, 2.05) is 52.9 Å². The van der Waals surface area contributed by atoms with Crippen molar-refractivity contribution in [3.05, 3.63) is 70.7 Å². The van der Waals surface area contributed by atoms with Crippen molar-refractivity contribution in [3.8, 4) is 11.3 Å². The molecule has 0 radical (unpaired) electrons. The molecule has 3 nitrogen and oxygen atoms in total. The van der Waals surface area contributed by atoms with Crippen LogP contribution in [-0.2, 0) is 13.4 Å². The minimum atomic E-state index is -1.56. The van der Waals surface area contributed by atoms with Crippen LogP contribution in [0.15, 0.2) is 47.0 Å². The molecule has 0 unspecified atom stereocenters. The number of aryl methyl sites for hydroxylation is 2. The lowest BCUT2D eigenvalue weighted by Crippen LogP contribution is -2.31. The van der Waals surface area contributed by atoms with Gasteiger partial charge in [-0.3, -0.25) is 0 Å². The van der Waals surface area contributed by atoms with E-state index in [1.165, 1.54) is 0 Å². The van der Waals surface area contributed by atoms with Gasteiger partial charge >= 0.3 is 0 Å². The first-order valence-corrected chi connectivity index (χ1v) is 9.41. The summed E-state index contributed by atoms with van der Waals surface area (Å²) in [6.45, 7) is 15.1. The summed E-state index contributed by atoms with van der Waals surface area (Å²) >= 11 is 0. The Balaban J connectivity index is 2.12. The first kappa shape index (κ1) is 14.9. The van der Waals surface area contributed by atoms with Crippen molar-refractivity contribution in [1.82, 2.24) is 0 Å². The van der Waals surface area contributed by atoms with Gasteiger partial charge in [0.15, 0.2) is 11.9 Å². The molecule has 0 amide bonds. The van der Waals surface area contributed by atoms with Crippen LogP contribution in [0.2, 0.25) is 0 Å². The predicted octanol–water partition coefficient (Wildman–Crippen LogP) is 6.44. The molecular formula is C25H25N2O+. The van der Waals surface area contributed by atoms with Crippen molar-refractivity contribution >= 4 is 27.6 Å². The van der Waals surface area contributed by atoms with Crippen LogP contribution >= 0.6 is 0 Å². The fourth-order valence-corrected chi connectivity index (χ4v) is 3.87. The molecular weight excluding hydrogens is 344 g/mol. The standard InChI is InChI=1S/C25H25N2O/c1-15(2)11-18-9-10-27(6)21(13-18)24-17(4)12-16(3)23-20-14-19(26-5)7-8-22(20)28-25(23)24/h7-10,12-15H,11H2,1-4,6H3/q+1/i10D,11D2. The van der Waals surface area contributed by atoms with Crippen LogP contribution in [0.3, 0.4) is 0 Å². The van der Waals surface area contributed by atoms with Gasteiger partial charge in [-0.15, -0.1) is 0 Å². The molecule has 0 aliphatic carbocycles. The summed E-state index contributed by atoms with van der Waals surface area (Å²) in [6.07, 6.45) is -1.33. The molecule has 0 spiro atoms. The minimum absolute atomic E-state index is 0.232. The van der Waals surface area contributed by atoms with Crippen molar-refractivity contribution in [3.63, 3.8) is 0 Å². The first-order chi connectivity index (χ1) is 14.6. The highest BCUT2D eigenvalue weighted by molar-refractivity contribution is 6.12. The Morgan fingerprint density at radius 3 is 2.68 bits per heavy atom. The van der Waals surface area contributed by atoms with E-state index >= 15 is 0 Å². The van der Waals surface area contributed by atoms with E-state index in [0.717, 1.165) is 33.2 Å². The number of furan rings is 1. The normalized spacial score (nSPS) is 13.5. The lowest BCUT2D eigenvalue weighted by molar-refractivity contribution is -0.660. The van der Waals surface area contributed by atoms with Gasteiger partial charge in [0.05, 0.1) is 12.1 Å². The minimum Gasteiger partial charge on any atom is -0.455 e. The molecule has 0 atom stereocenters. The van der Waals surface area contributed by atoms with Crippen LogP contribution in [-0.4, -0.2) is 0 Å². The summed E-state index contributed by atoms with van der Waals surface area (Å²) in [7, 11) is 1.82. The van der Waals surface area contributed by atoms with Gasteiger partial charge in [-0.1, -0.05) is 26.0 Å². The van der Waals surface area contributed by atoms with Crippen molar-refractivity contribution in [2.75, 3.05) is 0 Å². The molecule has 140 valence electrons. The van der Waals surface area contributed by atoms with Gasteiger partial charge in [0.2, 0.25) is 5.69 Å². The van der Waals surface area contributed by atoms with Crippen LogP contribution in [0.4, 0.5) is 5.69 Å². The van der Waals surface area contributed by atoms with Crippen LogP contribution in [0.5, 0.6) is 0 Å². The SMILES string of the molecule is [2H]c1cc(C([2H])([2H])C(C)C)cc(-c2c(C)cc(C)c3c2oc2ccc([N+]#[C-])cc23)[n+]1C. The zero-order valence-electron chi connectivity index (χ0n) is 19.8. The Hall–Kier alpha value is -3.12. The van der Waals surface area contributed by atoms with Gasteiger partial charge in [-0.05, 0) is 55.0 Å². The van der Waals surface area contributed by atoms with Crippen LogP contribution in [0.1, 0.15) is 34.7 Å². The fourth-order valence-electron chi connectivity index (χ4n) is 3.87. The van der Waals surface area contributed by atoms with Gasteiger partial charge in [-0.2, -0.15) is 0 Å². The molecule has 28 heavy (non-hydrogen) atoms. The molecule has 0 saturated carbocycles. The van der Waals surface area contributed by atoms with Crippen LogP contribution < -0.4 is 4.57 Å². The lowest BCUT2D eigenvalue weighted by Gasteiger charge is -2.10. The number of pyridine rings is 1. The van der Waals surface area contributed by atoms with E-state index in [4.69, 9.17) is 15.1 Å². The Bertz CT molecular complexity index is 1390. The third-order valence-corrected chi connectivity index (χ3v) is 5.03. The highest BCUT2D eigenvalue weighted by Crippen LogP contribution is 2.40. The molecule has 4 rings (SSSR count). The molecule has 3 heteroatoms. The topological polar surface area (TPSA) is 21.4 Å². The van der Waals surface area contributed by atoms with E-state index < -0.39 is 6.37 Å². The number of rotatable bonds is 3. The molecule has 2 aromatic carbocycles. The Morgan fingerprint density at radius 1 is 1.18 bits per heavy atom. The predicted molar refractivity (Wildman–Crippen MR) is 115 cm³/mol. The van der Waals surface area contributed by atoms with E-state index in [-0.39, 0.29) is 12.1 Å². The summed E-state index contributed by atoms with van der Waals surface area (Å²) < 4.78 is 33.6. The van der Waals surface area contributed by atoms with Crippen molar-refractivity contribution in [2.24, 2.45) is 13.0 Å². The van der Waals surface area contributed by atoms with Gasteiger partial charge in [0.25, 0.3) is 0 Å². The second-order valence-corrected chi connectivity index (χ2v) is 7.60. The largest absolute Gasteiger partial charge is 0.455 e. The van der Waals surface area contributed by atoms with Crippen molar-refractivity contribution in [1.29, 1.82) is 0 Å². The van der Waals surface area contributed by atoms with E-state index in [9.17, 15) is 0 Å². The quantitative estimate of drug-likeness (QED) is 0.299. The second kappa shape index (κ2) is 6.80. The Kier molecular flexibility index (Phi) is 3.61. The average Bonchev–Trinajstić information content (AvgIpc) is 3.09. The monoisotopic (exact) mass is 372 g/mol. The van der Waals surface area contributed by atoms with Gasteiger partial charge in [0, 0.05) is 25.6 Å². The van der Waals surface area contributed by atoms with Crippen molar-refractivity contribution < 1.29 is 13.1 Å². The zero-order chi connectivity index (χ0) is 22.7. The average molecular weight is 373 g/mol. The van der Waals surface area contributed by atoms with Gasteiger partial charge < -0.3 is 4.42 Å². The fraction of sp³-hybridized carbons (Fsp3) is 0.280. The maximum Gasteiger partial charge on any atom is 0.216 e. The third-order valence-electron chi connectivity index (χ3n) is 5.03. The Labute approximate surface area is 170 Å². The lowest BCUT2D eigenvalue weighted by atomic mass is 9.95. The summed E-state index contributed by atoms with van der Waals surface area (Å²) in [6, 6.07) is 11.0. The Morgan fingerprint density at radius 2 is 1.96 bits per heavy atom. The number of aromatic nitrogens is 1. The van der Waals surface area contributed by atoms with Crippen LogP contribution in [0.25, 0.3) is 38.0 Å². The second-order valence-electron chi connectivity index (χ2n) is 7.60. The number of fused-ring (bicyclic) bond motifs is 3. The smallest absolute Gasteiger partial charge is 0.216 e. The molecule has 0 aliphatic rings. The molecule has 0 saturated heterocycles. The summed E-state index contributed by atoms with van der Waals surface area (Å²) in [5.74, 6) is -0.232. The molecule has 0 bridgehead atoms. The molecule has 2 aromatic heterocycles. The molecule has 0 aliphatic heterocycles. The summed E-state index contributed by atoms with van der Waals surface area (Å²) in [5, 5.41) is 1.84. The van der Waals surface area contributed by atoms with E-state index in [1.54, 1.807) is 16.7 Å². The highest BCUT2D eigenvalue weighted by Gasteiger charge is 2.22.